The van der Waals surface area contributed by atoms with E-state index in [1.54, 1.807) is 6.07 Å². The van der Waals surface area contributed by atoms with Gasteiger partial charge in [-0.1, -0.05) is 12.1 Å². The molecule has 0 radical (unpaired) electrons. The molecule has 2 aromatic carbocycles. The highest BCUT2D eigenvalue weighted by Gasteiger charge is 2.34. The van der Waals surface area contributed by atoms with E-state index in [2.05, 4.69) is 15.9 Å². The maximum Gasteiger partial charge on any atom is 0.351 e. The minimum atomic E-state index is -0.769. The van der Waals surface area contributed by atoms with Crippen LogP contribution < -0.4 is 0 Å². The lowest BCUT2D eigenvalue weighted by atomic mass is 10.0. The van der Waals surface area contributed by atoms with Crippen molar-refractivity contribution in [2.75, 3.05) is 0 Å². The maximum absolute atomic E-state index is 13.2. The molecule has 2 aromatic rings. The van der Waals surface area contributed by atoms with Crippen LogP contribution in [-0.4, -0.2) is 10.9 Å². The van der Waals surface area contributed by atoms with Crippen LogP contribution in [0.2, 0.25) is 0 Å². The number of benzene rings is 2. The molecule has 3 rings (SSSR count). The number of carbonyl (C=O) groups is 1. The predicted molar refractivity (Wildman–Crippen MR) is 80.5 cm³/mol. The van der Waals surface area contributed by atoms with Gasteiger partial charge in [0.1, 0.15) is 17.1 Å². The van der Waals surface area contributed by atoms with Crippen molar-refractivity contribution in [1.82, 2.24) is 0 Å². The van der Waals surface area contributed by atoms with E-state index in [1.807, 2.05) is 0 Å². The van der Waals surface area contributed by atoms with Gasteiger partial charge in [-0.05, 0) is 45.8 Å². The van der Waals surface area contributed by atoms with E-state index in [0.29, 0.717) is 11.1 Å². The van der Waals surface area contributed by atoms with E-state index in [1.165, 1.54) is 36.4 Å². The molecule has 7 heteroatoms. The largest absolute Gasteiger partial charge is 0.422 e. The summed E-state index contributed by atoms with van der Waals surface area (Å²) >= 11 is 3.07. The molecule has 5 nitrogen and oxygen atoms in total. The SMILES string of the molecule is O=C1O/C(=C\c2ccc(F)c(Br)c2)c2cccc([N+](=O)[O-])c21. The third kappa shape index (κ3) is 2.39. The lowest BCUT2D eigenvalue weighted by Gasteiger charge is -2.00. The zero-order valence-corrected chi connectivity index (χ0v) is 12.5. The van der Waals surface area contributed by atoms with Crippen molar-refractivity contribution in [2.24, 2.45) is 0 Å². The fourth-order valence-electron chi connectivity index (χ4n) is 2.18. The number of ether oxygens (including phenoxy) is 1. The quantitative estimate of drug-likeness (QED) is 0.456. The van der Waals surface area contributed by atoms with Gasteiger partial charge >= 0.3 is 5.97 Å². The highest BCUT2D eigenvalue weighted by atomic mass is 79.9. The molecule has 0 atom stereocenters. The first-order valence-electron chi connectivity index (χ1n) is 6.14. The lowest BCUT2D eigenvalue weighted by Crippen LogP contribution is -2.00. The van der Waals surface area contributed by atoms with Crippen molar-refractivity contribution < 1.29 is 18.8 Å². The summed E-state index contributed by atoms with van der Waals surface area (Å²) in [6, 6.07) is 8.59. The van der Waals surface area contributed by atoms with Crippen LogP contribution in [0.25, 0.3) is 11.8 Å². The molecular weight excluding hydrogens is 357 g/mol. The minimum absolute atomic E-state index is 0.0695. The van der Waals surface area contributed by atoms with Gasteiger partial charge in [-0.15, -0.1) is 0 Å². The molecule has 0 unspecified atom stereocenters. The van der Waals surface area contributed by atoms with Crippen molar-refractivity contribution >= 4 is 39.4 Å². The first-order chi connectivity index (χ1) is 10.5. The molecule has 0 aliphatic carbocycles. The second kappa shape index (κ2) is 5.34. The number of halogens is 2. The van der Waals surface area contributed by atoms with Gasteiger partial charge in [0.05, 0.1) is 9.40 Å². The monoisotopic (exact) mass is 363 g/mol. The molecule has 0 saturated carbocycles. The molecule has 0 aromatic heterocycles. The third-order valence-corrected chi connectivity index (χ3v) is 3.76. The average molecular weight is 364 g/mol. The second-order valence-corrected chi connectivity index (χ2v) is 5.38. The van der Waals surface area contributed by atoms with Crippen LogP contribution in [0.1, 0.15) is 21.5 Å². The molecular formula is C15H7BrFNO4. The Kier molecular flexibility index (Phi) is 3.50. The molecule has 0 fully saturated rings. The summed E-state index contributed by atoms with van der Waals surface area (Å²) in [5, 5.41) is 11.0. The van der Waals surface area contributed by atoms with Gasteiger partial charge in [-0.3, -0.25) is 10.1 Å². The Morgan fingerprint density at radius 2 is 2.05 bits per heavy atom. The number of hydrogen-bond acceptors (Lipinski definition) is 4. The number of fused-ring (bicyclic) bond motifs is 1. The Morgan fingerprint density at radius 1 is 1.27 bits per heavy atom. The van der Waals surface area contributed by atoms with Crippen LogP contribution in [-0.2, 0) is 4.74 Å². The number of hydrogen-bond donors (Lipinski definition) is 0. The number of esters is 1. The van der Waals surface area contributed by atoms with Crippen molar-refractivity contribution in [3.05, 3.63) is 73.5 Å². The van der Waals surface area contributed by atoms with Crippen LogP contribution in [0, 0.1) is 15.9 Å². The highest BCUT2D eigenvalue weighted by Crippen LogP contribution is 2.36. The summed E-state index contributed by atoms with van der Waals surface area (Å²) in [6.45, 7) is 0. The summed E-state index contributed by atoms with van der Waals surface area (Å²) in [5.41, 5.74) is 0.571. The Bertz CT molecular complexity index is 847. The zero-order valence-electron chi connectivity index (χ0n) is 10.9. The third-order valence-electron chi connectivity index (χ3n) is 3.15. The first kappa shape index (κ1) is 14.4. The molecule has 0 bridgehead atoms. The first-order valence-corrected chi connectivity index (χ1v) is 6.93. The van der Waals surface area contributed by atoms with Crippen LogP contribution >= 0.6 is 15.9 Å². The molecule has 1 aliphatic rings. The van der Waals surface area contributed by atoms with Gasteiger partial charge in [0.2, 0.25) is 0 Å². The highest BCUT2D eigenvalue weighted by molar-refractivity contribution is 9.10. The van der Waals surface area contributed by atoms with Gasteiger partial charge in [-0.25, -0.2) is 9.18 Å². The summed E-state index contributed by atoms with van der Waals surface area (Å²) < 4.78 is 18.6. The van der Waals surface area contributed by atoms with E-state index in [-0.39, 0.29) is 21.5 Å². The Hall–Kier alpha value is -2.54. The molecule has 0 N–H and O–H groups in total. The molecule has 0 spiro atoms. The molecule has 1 heterocycles. The fourth-order valence-corrected chi connectivity index (χ4v) is 2.58. The zero-order chi connectivity index (χ0) is 15.9. The summed E-state index contributed by atoms with van der Waals surface area (Å²) in [7, 11) is 0. The number of nitro benzene ring substituents is 1. The summed E-state index contributed by atoms with van der Waals surface area (Å²) in [4.78, 5) is 22.2. The number of rotatable bonds is 2. The predicted octanol–water partition coefficient (Wildman–Crippen LogP) is 4.16. The van der Waals surface area contributed by atoms with Gasteiger partial charge in [-0.2, -0.15) is 0 Å². The summed E-state index contributed by atoms with van der Waals surface area (Å²) in [6.07, 6.45) is 1.53. The fraction of sp³-hybridized carbons (Fsp3) is 0. The molecule has 0 amide bonds. The summed E-state index contributed by atoms with van der Waals surface area (Å²) in [5.74, 6) is -0.987. The van der Waals surface area contributed by atoms with Crippen molar-refractivity contribution in [2.45, 2.75) is 0 Å². The maximum atomic E-state index is 13.2. The molecule has 1 aliphatic heterocycles. The average Bonchev–Trinajstić information content (AvgIpc) is 2.79. The molecule has 22 heavy (non-hydrogen) atoms. The van der Waals surface area contributed by atoms with E-state index in [9.17, 15) is 19.3 Å². The standard InChI is InChI=1S/C15H7BrFNO4/c16-10-6-8(4-5-11(10)17)7-13-9-2-1-3-12(18(20)21)14(9)15(19)22-13/h1-7H/b13-7-. The van der Waals surface area contributed by atoms with Crippen molar-refractivity contribution in [1.29, 1.82) is 0 Å². The second-order valence-electron chi connectivity index (χ2n) is 4.53. The van der Waals surface area contributed by atoms with Crippen LogP contribution in [0.5, 0.6) is 0 Å². The molecule has 110 valence electrons. The van der Waals surface area contributed by atoms with Gasteiger partial charge in [0.25, 0.3) is 5.69 Å². The lowest BCUT2D eigenvalue weighted by molar-refractivity contribution is -0.385. The van der Waals surface area contributed by atoms with Crippen molar-refractivity contribution in [3.63, 3.8) is 0 Å². The Balaban J connectivity index is 2.11. The number of nitrogens with zero attached hydrogens (tertiary/aromatic N) is 1. The van der Waals surface area contributed by atoms with E-state index >= 15 is 0 Å². The Labute approximate surface area is 132 Å². The topological polar surface area (TPSA) is 69.4 Å². The number of carbonyl (C=O) groups excluding carboxylic acids is 1. The molecule has 0 saturated heterocycles. The van der Waals surface area contributed by atoms with E-state index in [4.69, 9.17) is 4.74 Å². The van der Waals surface area contributed by atoms with E-state index < -0.39 is 16.7 Å². The van der Waals surface area contributed by atoms with Crippen LogP contribution in [0.4, 0.5) is 10.1 Å². The van der Waals surface area contributed by atoms with Gasteiger partial charge in [0.15, 0.2) is 0 Å². The van der Waals surface area contributed by atoms with Crippen LogP contribution in [0.3, 0.4) is 0 Å². The smallest absolute Gasteiger partial charge is 0.351 e. The van der Waals surface area contributed by atoms with Crippen molar-refractivity contribution in [3.8, 4) is 0 Å². The van der Waals surface area contributed by atoms with E-state index in [0.717, 1.165) is 0 Å². The van der Waals surface area contributed by atoms with Gasteiger partial charge < -0.3 is 4.74 Å². The number of nitro groups is 1. The van der Waals surface area contributed by atoms with Gasteiger partial charge in [0, 0.05) is 11.6 Å². The minimum Gasteiger partial charge on any atom is -0.422 e. The Morgan fingerprint density at radius 3 is 2.73 bits per heavy atom. The normalized spacial score (nSPS) is 14.8. The van der Waals surface area contributed by atoms with Crippen LogP contribution in [0.15, 0.2) is 40.9 Å². The number of cyclic esters (lactones) is 1.